The third-order valence-corrected chi connectivity index (χ3v) is 9.14. The van der Waals surface area contributed by atoms with E-state index < -0.39 is 6.10 Å². The fourth-order valence-corrected chi connectivity index (χ4v) is 6.11. The highest BCUT2D eigenvalue weighted by molar-refractivity contribution is 5.70. The predicted octanol–water partition coefficient (Wildman–Crippen LogP) is 13.3. The molecule has 0 aromatic rings. The van der Waals surface area contributed by atoms with Crippen molar-refractivity contribution in [2.45, 2.75) is 200 Å². The Morgan fingerprint density at radius 3 is 1.22 bits per heavy atom. The maximum absolute atomic E-state index is 12.6. The minimum absolute atomic E-state index is 0.148. The molecule has 0 heterocycles. The van der Waals surface area contributed by atoms with Crippen LogP contribution in [0.15, 0.2) is 48.6 Å². The van der Waals surface area contributed by atoms with Gasteiger partial charge in [0.2, 0.25) is 0 Å². The zero-order valence-corrected chi connectivity index (χ0v) is 34.5. The second kappa shape index (κ2) is 37.6. The monoisotopic (exact) mass is 715 g/mol. The van der Waals surface area contributed by atoms with Gasteiger partial charge < -0.3 is 14.0 Å². The van der Waals surface area contributed by atoms with E-state index in [1.165, 1.54) is 128 Å². The summed E-state index contributed by atoms with van der Waals surface area (Å²) in [6, 6.07) is 0. The van der Waals surface area contributed by atoms with Gasteiger partial charge in [-0.15, -0.1) is 0 Å². The van der Waals surface area contributed by atoms with Gasteiger partial charge in [0, 0.05) is 12.8 Å². The molecule has 51 heavy (non-hydrogen) atoms. The van der Waals surface area contributed by atoms with Crippen molar-refractivity contribution in [2.75, 3.05) is 34.3 Å². The second-order valence-electron chi connectivity index (χ2n) is 15.6. The molecule has 0 aliphatic carbocycles. The summed E-state index contributed by atoms with van der Waals surface area (Å²) in [6.45, 7) is 5.27. The minimum Gasteiger partial charge on any atom is -0.461 e. The summed E-state index contributed by atoms with van der Waals surface area (Å²) in [6.07, 6.45) is 50.0. The molecule has 0 aromatic carbocycles. The molecular weight excluding hydrogens is 631 g/mol. The van der Waals surface area contributed by atoms with Crippen LogP contribution >= 0.6 is 0 Å². The number of nitrogens with zero attached hydrogens (tertiary/aromatic N) is 1. The van der Waals surface area contributed by atoms with Crippen LogP contribution in [0.3, 0.4) is 0 Å². The number of ether oxygens (including phenoxy) is 2. The van der Waals surface area contributed by atoms with Crippen LogP contribution < -0.4 is 0 Å². The molecule has 296 valence electrons. The number of carbonyl (C=O) groups excluding carboxylic acids is 2. The molecule has 0 spiro atoms. The zero-order chi connectivity index (χ0) is 37.5. The van der Waals surface area contributed by atoms with Gasteiger partial charge in [-0.1, -0.05) is 152 Å². The van der Waals surface area contributed by atoms with Gasteiger partial charge in [0.15, 0.2) is 6.10 Å². The van der Waals surface area contributed by atoms with Gasteiger partial charge in [0.05, 0.1) is 21.1 Å². The van der Waals surface area contributed by atoms with Crippen molar-refractivity contribution in [1.29, 1.82) is 0 Å². The molecule has 0 aliphatic rings. The van der Waals surface area contributed by atoms with Gasteiger partial charge in [0.25, 0.3) is 0 Å². The van der Waals surface area contributed by atoms with Gasteiger partial charge in [-0.3, -0.25) is 9.59 Å². The number of likely N-dealkylation sites (N-methyl/N-ethyl adjacent to an activating group) is 1. The van der Waals surface area contributed by atoms with Crippen molar-refractivity contribution < 1.29 is 23.5 Å². The van der Waals surface area contributed by atoms with Crippen LogP contribution in [0.4, 0.5) is 0 Å². The number of rotatable bonds is 37. The highest BCUT2D eigenvalue weighted by Crippen LogP contribution is 2.13. The average Bonchev–Trinajstić information content (AvgIpc) is 3.09. The first-order chi connectivity index (χ1) is 24.8. The van der Waals surface area contributed by atoms with E-state index in [0.29, 0.717) is 23.9 Å². The molecule has 0 aromatic heterocycles. The lowest BCUT2D eigenvalue weighted by Gasteiger charge is -2.28. The molecule has 0 radical (unpaired) electrons. The Labute approximate surface area is 317 Å². The summed E-state index contributed by atoms with van der Waals surface area (Å²) in [7, 11) is 6.20. The van der Waals surface area contributed by atoms with Crippen molar-refractivity contribution in [1.82, 2.24) is 0 Å². The lowest BCUT2D eigenvalue weighted by atomic mass is 10.1. The third-order valence-electron chi connectivity index (χ3n) is 9.14. The topological polar surface area (TPSA) is 52.6 Å². The van der Waals surface area contributed by atoms with Gasteiger partial charge in [-0.2, -0.15) is 0 Å². The second-order valence-corrected chi connectivity index (χ2v) is 15.6. The van der Waals surface area contributed by atoms with E-state index in [2.05, 4.69) is 83.6 Å². The summed E-state index contributed by atoms with van der Waals surface area (Å²) in [5.41, 5.74) is 0. The molecular formula is C46H84NO4+. The van der Waals surface area contributed by atoms with Gasteiger partial charge in [-0.05, 0) is 77.0 Å². The molecule has 5 nitrogen and oxygen atoms in total. The first-order valence-corrected chi connectivity index (χ1v) is 21.5. The Morgan fingerprint density at radius 1 is 0.471 bits per heavy atom. The first kappa shape index (κ1) is 48.9. The number of esters is 2. The number of carbonyl (C=O) groups is 2. The largest absolute Gasteiger partial charge is 0.461 e. The molecule has 1 atom stereocenters. The van der Waals surface area contributed by atoms with Crippen LogP contribution in [0.2, 0.25) is 0 Å². The maximum Gasteiger partial charge on any atom is 0.306 e. The SMILES string of the molecule is CCCCC/C=C\C/C=C\CCCCCCCCCC(=O)OCC(C[N+](C)(C)C)OC(=O)CCCCCCCCC/C=C\C/C=C\CCCCC. The van der Waals surface area contributed by atoms with E-state index >= 15 is 0 Å². The van der Waals surface area contributed by atoms with E-state index in [4.69, 9.17) is 9.47 Å². The summed E-state index contributed by atoms with van der Waals surface area (Å²) in [4.78, 5) is 25.0. The highest BCUT2D eigenvalue weighted by Gasteiger charge is 2.23. The molecule has 0 rings (SSSR count). The zero-order valence-electron chi connectivity index (χ0n) is 34.5. The Bertz CT molecular complexity index is 897. The Kier molecular flexibility index (Phi) is 36.0. The average molecular weight is 715 g/mol. The minimum atomic E-state index is -0.404. The number of hydrogen-bond acceptors (Lipinski definition) is 4. The third kappa shape index (κ3) is 40.5. The van der Waals surface area contributed by atoms with Crippen LogP contribution in [-0.4, -0.2) is 56.8 Å². The highest BCUT2D eigenvalue weighted by atomic mass is 16.6. The van der Waals surface area contributed by atoms with E-state index in [1.807, 2.05) is 0 Å². The molecule has 0 N–H and O–H groups in total. The summed E-state index contributed by atoms with van der Waals surface area (Å²) in [5, 5.41) is 0. The molecule has 0 aliphatic heterocycles. The Morgan fingerprint density at radius 2 is 0.824 bits per heavy atom. The predicted molar refractivity (Wildman–Crippen MR) is 221 cm³/mol. The maximum atomic E-state index is 12.6. The van der Waals surface area contributed by atoms with Gasteiger partial charge >= 0.3 is 11.9 Å². The summed E-state index contributed by atoms with van der Waals surface area (Å²) < 4.78 is 12.0. The van der Waals surface area contributed by atoms with E-state index in [0.717, 1.165) is 38.5 Å². The number of hydrogen-bond donors (Lipinski definition) is 0. The van der Waals surface area contributed by atoms with Gasteiger partial charge in [0.1, 0.15) is 13.2 Å². The molecule has 1 unspecified atom stereocenters. The first-order valence-electron chi connectivity index (χ1n) is 21.5. The lowest BCUT2D eigenvalue weighted by Crippen LogP contribution is -2.45. The lowest BCUT2D eigenvalue weighted by molar-refractivity contribution is -0.873. The standard InChI is InChI=1S/C46H84NO4/c1-6-8-10-12-14-16-18-20-22-24-26-28-30-32-34-36-38-40-45(48)50-43-44(42-47(3,4)5)51-46(49)41-39-37-35-33-31-29-27-25-23-21-19-17-15-13-11-9-7-2/h14-17,20-23,44H,6-13,18-19,24-43H2,1-5H3/q+1/b16-14-,17-15-,22-20-,23-21-. The quantitative estimate of drug-likeness (QED) is 0.0278. The number of unbranched alkanes of at least 4 members (excludes halogenated alkanes) is 20. The van der Waals surface area contributed by atoms with Gasteiger partial charge in [-0.25, -0.2) is 0 Å². The van der Waals surface area contributed by atoms with Crippen molar-refractivity contribution in [3.05, 3.63) is 48.6 Å². The number of quaternary nitrogens is 1. The van der Waals surface area contributed by atoms with Crippen molar-refractivity contribution >= 4 is 11.9 Å². The Balaban J connectivity index is 3.88. The van der Waals surface area contributed by atoms with Crippen molar-refractivity contribution in [2.24, 2.45) is 0 Å². The molecule has 5 heteroatoms. The molecule has 0 bridgehead atoms. The number of allylic oxidation sites excluding steroid dienone is 8. The van der Waals surface area contributed by atoms with E-state index in [9.17, 15) is 9.59 Å². The Hall–Kier alpha value is -2.14. The molecule has 0 amide bonds. The van der Waals surface area contributed by atoms with Crippen LogP contribution in [0.25, 0.3) is 0 Å². The molecule has 0 saturated heterocycles. The van der Waals surface area contributed by atoms with E-state index in [1.54, 1.807) is 0 Å². The fraction of sp³-hybridized carbons (Fsp3) is 0.783. The smallest absolute Gasteiger partial charge is 0.306 e. The summed E-state index contributed by atoms with van der Waals surface area (Å²) >= 11 is 0. The van der Waals surface area contributed by atoms with Crippen molar-refractivity contribution in [3.8, 4) is 0 Å². The summed E-state index contributed by atoms with van der Waals surface area (Å²) in [5.74, 6) is -0.352. The molecule has 0 fully saturated rings. The van der Waals surface area contributed by atoms with Crippen LogP contribution in [-0.2, 0) is 19.1 Å². The van der Waals surface area contributed by atoms with Crippen LogP contribution in [0.5, 0.6) is 0 Å². The van der Waals surface area contributed by atoms with Crippen molar-refractivity contribution in [3.63, 3.8) is 0 Å². The van der Waals surface area contributed by atoms with E-state index in [-0.39, 0.29) is 18.5 Å². The molecule has 0 saturated carbocycles. The van der Waals surface area contributed by atoms with Crippen LogP contribution in [0, 0.1) is 0 Å². The normalized spacial score (nSPS) is 13.0. The fourth-order valence-electron chi connectivity index (χ4n) is 6.11. The van der Waals surface area contributed by atoms with Crippen LogP contribution in [0.1, 0.15) is 194 Å².